The Morgan fingerprint density at radius 1 is 1.39 bits per heavy atom. The third-order valence-electron chi connectivity index (χ3n) is 2.19. The average Bonchev–Trinajstić information content (AvgIpc) is 2.21. The van der Waals surface area contributed by atoms with Crippen LogP contribution in [0, 0.1) is 0 Å². The molecule has 0 spiro atoms. The Bertz CT molecular complexity index is 553. The Morgan fingerprint density at radius 2 is 2.06 bits per heavy atom. The molecule has 2 rings (SSSR count). The Morgan fingerprint density at radius 3 is 2.61 bits per heavy atom. The molecule has 1 unspecified atom stereocenters. The van der Waals surface area contributed by atoms with Crippen LogP contribution in [0.5, 0.6) is 5.75 Å². The fourth-order valence-corrected chi connectivity index (χ4v) is 2.45. The van der Waals surface area contributed by atoms with E-state index in [1.165, 1.54) is 30.0 Å². The number of rotatable bonds is 4. The van der Waals surface area contributed by atoms with Crippen molar-refractivity contribution in [3.8, 4) is 5.75 Å². The Labute approximate surface area is 113 Å². The van der Waals surface area contributed by atoms with Gasteiger partial charge >= 0.3 is 15.3 Å². The molecular formula is C10H9ClO5S2. The van der Waals surface area contributed by atoms with Gasteiger partial charge in [-0.15, -0.1) is 11.8 Å². The highest BCUT2D eigenvalue weighted by atomic mass is 35.7. The van der Waals surface area contributed by atoms with E-state index in [0.717, 1.165) is 12.2 Å². The van der Waals surface area contributed by atoms with Crippen molar-refractivity contribution in [2.75, 3.05) is 5.75 Å². The summed E-state index contributed by atoms with van der Waals surface area (Å²) in [5, 5.41) is 0. The van der Waals surface area contributed by atoms with E-state index in [-0.39, 0.29) is 16.7 Å². The molecule has 0 aromatic heterocycles. The molecule has 0 bridgehead atoms. The van der Waals surface area contributed by atoms with Crippen molar-refractivity contribution in [2.24, 2.45) is 0 Å². The molecule has 1 saturated heterocycles. The van der Waals surface area contributed by atoms with E-state index in [4.69, 9.17) is 15.4 Å². The summed E-state index contributed by atoms with van der Waals surface area (Å²) in [5.74, 6) is 0.191. The van der Waals surface area contributed by atoms with Gasteiger partial charge in [0.2, 0.25) is 0 Å². The highest BCUT2D eigenvalue weighted by molar-refractivity contribution is 8.10. The molecule has 1 atom stereocenters. The smallest absolute Gasteiger partial charge is 0.401 e. The van der Waals surface area contributed by atoms with Gasteiger partial charge < -0.3 is 8.92 Å². The van der Waals surface area contributed by atoms with E-state index in [9.17, 15) is 13.2 Å². The largest absolute Gasteiger partial charge is 0.448 e. The second kappa shape index (κ2) is 5.38. The first-order chi connectivity index (χ1) is 8.46. The summed E-state index contributed by atoms with van der Waals surface area (Å²) in [7, 11) is 0.788. The molecule has 5 nitrogen and oxygen atoms in total. The van der Waals surface area contributed by atoms with Crippen molar-refractivity contribution in [2.45, 2.75) is 11.9 Å². The standard InChI is InChI=1S/C10H9ClO5S2/c11-18(13,14)16-8-4-2-1-3-7(8)10(12)15-9-5-6-17-9/h1-4,9H,5-6H2. The maximum Gasteiger partial charge on any atom is 0.401 e. The van der Waals surface area contributed by atoms with Crippen LogP contribution in [-0.2, 0) is 14.1 Å². The van der Waals surface area contributed by atoms with Gasteiger partial charge in [-0.1, -0.05) is 12.1 Å². The first-order valence-electron chi connectivity index (χ1n) is 5.01. The second-order valence-corrected chi connectivity index (χ2v) is 6.82. The van der Waals surface area contributed by atoms with Crippen LogP contribution in [0.15, 0.2) is 24.3 Å². The van der Waals surface area contributed by atoms with Crippen LogP contribution in [-0.4, -0.2) is 25.6 Å². The van der Waals surface area contributed by atoms with Crippen molar-refractivity contribution < 1.29 is 22.1 Å². The number of hydrogen-bond acceptors (Lipinski definition) is 6. The minimum atomic E-state index is -4.19. The van der Waals surface area contributed by atoms with Crippen LogP contribution < -0.4 is 4.18 Å². The second-order valence-electron chi connectivity index (χ2n) is 3.47. The predicted octanol–water partition coefficient (Wildman–Crippen LogP) is 2.17. The molecule has 0 saturated carbocycles. The topological polar surface area (TPSA) is 69.7 Å². The number of ether oxygens (including phenoxy) is 1. The van der Waals surface area contributed by atoms with E-state index in [1.807, 2.05) is 0 Å². The molecular weight excluding hydrogens is 300 g/mol. The van der Waals surface area contributed by atoms with E-state index in [1.54, 1.807) is 6.07 Å². The fourth-order valence-electron chi connectivity index (χ4n) is 1.31. The van der Waals surface area contributed by atoms with Crippen molar-refractivity contribution in [3.05, 3.63) is 29.8 Å². The zero-order valence-electron chi connectivity index (χ0n) is 9.04. The summed E-state index contributed by atoms with van der Waals surface area (Å²) >= 11 is 1.52. The number of benzene rings is 1. The van der Waals surface area contributed by atoms with Crippen LogP contribution in [0.1, 0.15) is 16.8 Å². The van der Waals surface area contributed by atoms with Gasteiger partial charge in [0, 0.05) is 12.2 Å². The van der Waals surface area contributed by atoms with Crippen LogP contribution in [0.2, 0.25) is 0 Å². The molecule has 0 N–H and O–H groups in total. The van der Waals surface area contributed by atoms with E-state index in [2.05, 4.69) is 4.18 Å². The van der Waals surface area contributed by atoms with Gasteiger partial charge in [0.15, 0.2) is 5.75 Å². The van der Waals surface area contributed by atoms with Gasteiger partial charge in [0.1, 0.15) is 11.0 Å². The minimum Gasteiger partial charge on any atom is -0.448 e. The summed E-state index contributed by atoms with van der Waals surface area (Å²) in [6.07, 6.45) is 0.799. The highest BCUT2D eigenvalue weighted by Crippen LogP contribution is 2.31. The lowest BCUT2D eigenvalue weighted by atomic mass is 10.2. The maximum atomic E-state index is 11.8. The number of esters is 1. The monoisotopic (exact) mass is 308 g/mol. The third kappa shape index (κ3) is 3.54. The molecule has 98 valence electrons. The number of thioether (sulfide) groups is 1. The van der Waals surface area contributed by atoms with Crippen LogP contribution >= 0.6 is 22.4 Å². The van der Waals surface area contributed by atoms with Gasteiger partial charge in [-0.05, 0) is 12.1 Å². The average molecular weight is 309 g/mol. The number of carbonyl (C=O) groups is 1. The first-order valence-corrected chi connectivity index (χ1v) is 8.30. The number of para-hydroxylation sites is 1. The Balaban J connectivity index is 2.18. The van der Waals surface area contributed by atoms with Crippen molar-refractivity contribution >= 4 is 37.7 Å². The lowest BCUT2D eigenvalue weighted by Crippen LogP contribution is -2.23. The number of halogens is 1. The van der Waals surface area contributed by atoms with Gasteiger partial charge in [0.25, 0.3) is 0 Å². The molecule has 1 aromatic carbocycles. The van der Waals surface area contributed by atoms with Gasteiger partial charge in [-0.3, -0.25) is 0 Å². The highest BCUT2D eigenvalue weighted by Gasteiger charge is 2.25. The zero-order valence-corrected chi connectivity index (χ0v) is 11.4. The van der Waals surface area contributed by atoms with Crippen LogP contribution in [0.4, 0.5) is 0 Å². The van der Waals surface area contributed by atoms with Gasteiger partial charge in [-0.25, -0.2) is 4.79 Å². The number of carbonyl (C=O) groups excluding carboxylic acids is 1. The molecule has 0 amide bonds. The third-order valence-corrected chi connectivity index (χ3v) is 3.93. The molecule has 18 heavy (non-hydrogen) atoms. The minimum absolute atomic E-state index is 0.0363. The Hall–Kier alpha value is -0.920. The normalized spacial score (nSPS) is 18.8. The predicted molar refractivity (Wildman–Crippen MR) is 68.1 cm³/mol. The van der Waals surface area contributed by atoms with Crippen molar-refractivity contribution in [1.29, 1.82) is 0 Å². The SMILES string of the molecule is O=C(OC1CCS1)c1ccccc1OS(=O)(=O)Cl. The summed E-state index contributed by atoms with van der Waals surface area (Å²) in [6.45, 7) is 0. The molecule has 1 aliphatic heterocycles. The quantitative estimate of drug-likeness (QED) is 0.627. The molecule has 1 aliphatic rings. The van der Waals surface area contributed by atoms with Crippen molar-refractivity contribution in [3.63, 3.8) is 0 Å². The first kappa shape index (κ1) is 13.5. The van der Waals surface area contributed by atoms with Gasteiger partial charge in [0.05, 0.1) is 10.7 Å². The molecule has 1 aromatic rings. The molecule has 8 heteroatoms. The van der Waals surface area contributed by atoms with Crippen molar-refractivity contribution in [1.82, 2.24) is 0 Å². The van der Waals surface area contributed by atoms with E-state index in [0.29, 0.717) is 0 Å². The van der Waals surface area contributed by atoms with E-state index >= 15 is 0 Å². The lowest BCUT2D eigenvalue weighted by Gasteiger charge is -2.24. The summed E-state index contributed by atoms with van der Waals surface area (Å²) in [5.41, 5.74) is -0.132. The lowest BCUT2D eigenvalue weighted by molar-refractivity contribution is 0.0436. The van der Waals surface area contributed by atoms with E-state index < -0.39 is 15.3 Å². The fraction of sp³-hybridized carbons (Fsp3) is 0.300. The zero-order chi connectivity index (χ0) is 13.2. The summed E-state index contributed by atoms with van der Waals surface area (Å²) in [6, 6.07) is 5.87. The molecule has 1 fully saturated rings. The molecule has 1 heterocycles. The molecule has 0 aliphatic carbocycles. The molecule has 0 radical (unpaired) electrons. The van der Waals surface area contributed by atoms with Gasteiger partial charge in [-0.2, -0.15) is 8.42 Å². The maximum absolute atomic E-state index is 11.8. The summed E-state index contributed by atoms with van der Waals surface area (Å²) in [4.78, 5) is 11.8. The van der Waals surface area contributed by atoms with Crippen LogP contribution in [0.25, 0.3) is 0 Å². The Kier molecular flexibility index (Phi) is 4.04. The van der Waals surface area contributed by atoms with Crippen LogP contribution in [0.3, 0.4) is 0 Å². The summed E-state index contributed by atoms with van der Waals surface area (Å²) < 4.78 is 31.4. The number of hydrogen-bond donors (Lipinski definition) is 0.